The summed E-state index contributed by atoms with van der Waals surface area (Å²) in [5, 5.41) is 2.84. The van der Waals surface area contributed by atoms with Crippen molar-refractivity contribution in [3.63, 3.8) is 0 Å². The van der Waals surface area contributed by atoms with Crippen LogP contribution in [0.15, 0.2) is 52.9 Å². The van der Waals surface area contributed by atoms with Gasteiger partial charge in [-0.1, -0.05) is 12.1 Å². The Morgan fingerprint density at radius 2 is 1.86 bits per heavy atom. The standard InChI is InChI=1S/C26H29N5O4/c1-29(24(33)17-30-12-4-5-13-30)19-8-10-20(11-9-19)31-16-18(14-23(31)32)15-27-25(34)26-28-21-6-2-3-7-22(21)35-26/h2-3,6-11,18H,4-5,12-17H2,1H3,(H,27,34). The minimum atomic E-state index is -0.391. The molecule has 2 aromatic carbocycles. The van der Waals surface area contributed by atoms with Gasteiger partial charge in [0.25, 0.3) is 5.89 Å². The second-order valence-electron chi connectivity index (χ2n) is 9.22. The molecule has 0 radical (unpaired) electrons. The molecule has 1 atom stereocenters. The first-order valence-corrected chi connectivity index (χ1v) is 12.0. The minimum absolute atomic E-state index is 0.0114. The third-order valence-corrected chi connectivity index (χ3v) is 6.72. The van der Waals surface area contributed by atoms with Gasteiger partial charge in [-0.25, -0.2) is 4.98 Å². The lowest BCUT2D eigenvalue weighted by atomic mass is 10.1. The Bertz CT molecular complexity index is 1200. The molecule has 9 nitrogen and oxygen atoms in total. The summed E-state index contributed by atoms with van der Waals surface area (Å²) in [6.45, 7) is 3.25. The van der Waals surface area contributed by atoms with Gasteiger partial charge in [0.2, 0.25) is 11.8 Å². The topological polar surface area (TPSA) is 99.0 Å². The molecule has 3 amide bonds. The second-order valence-corrected chi connectivity index (χ2v) is 9.22. The molecule has 0 saturated carbocycles. The fraction of sp³-hybridized carbons (Fsp3) is 0.385. The zero-order valence-corrected chi connectivity index (χ0v) is 19.8. The molecule has 35 heavy (non-hydrogen) atoms. The van der Waals surface area contributed by atoms with Crippen LogP contribution in [0.2, 0.25) is 0 Å². The van der Waals surface area contributed by atoms with Crippen LogP contribution in [0.5, 0.6) is 0 Å². The number of likely N-dealkylation sites (tertiary alicyclic amines) is 1. The summed E-state index contributed by atoms with van der Waals surface area (Å²) in [5.74, 6) is -0.311. The number of carbonyl (C=O) groups excluding carboxylic acids is 3. The van der Waals surface area contributed by atoms with Crippen molar-refractivity contribution in [1.82, 2.24) is 15.2 Å². The molecule has 2 fully saturated rings. The lowest BCUT2D eigenvalue weighted by Gasteiger charge is -2.22. The van der Waals surface area contributed by atoms with Crippen LogP contribution >= 0.6 is 0 Å². The summed E-state index contributed by atoms with van der Waals surface area (Å²) < 4.78 is 5.51. The molecule has 5 rings (SSSR count). The van der Waals surface area contributed by atoms with E-state index in [2.05, 4.69) is 15.2 Å². The van der Waals surface area contributed by atoms with E-state index in [9.17, 15) is 14.4 Å². The van der Waals surface area contributed by atoms with Crippen LogP contribution in [0.3, 0.4) is 0 Å². The van der Waals surface area contributed by atoms with Crippen molar-refractivity contribution in [2.75, 3.05) is 49.6 Å². The number of nitrogens with one attached hydrogen (secondary N) is 1. The average Bonchev–Trinajstić information content (AvgIpc) is 3.62. The number of fused-ring (bicyclic) bond motifs is 1. The van der Waals surface area contributed by atoms with E-state index >= 15 is 0 Å². The van der Waals surface area contributed by atoms with E-state index in [4.69, 9.17) is 4.42 Å². The van der Waals surface area contributed by atoms with Gasteiger partial charge in [0.1, 0.15) is 5.52 Å². The minimum Gasteiger partial charge on any atom is -0.432 e. The zero-order valence-electron chi connectivity index (χ0n) is 19.8. The Morgan fingerprint density at radius 3 is 2.60 bits per heavy atom. The van der Waals surface area contributed by atoms with E-state index in [0.29, 0.717) is 37.2 Å². The van der Waals surface area contributed by atoms with Crippen LogP contribution in [-0.2, 0) is 9.59 Å². The number of aromatic nitrogens is 1. The van der Waals surface area contributed by atoms with Gasteiger partial charge in [0.15, 0.2) is 5.58 Å². The Hall–Kier alpha value is -3.72. The molecule has 0 bridgehead atoms. The number of benzene rings is 2. The molecule has 182 valence electrons. The average molecular weight is 476 g/mol. The third kappa shape index (κ3) is 5.05. The van der Waals surface area contributed by atoms with Crippen molar-refractivity contribution in [3.05, 3.63) is 54.4 Å². The molecule has 1 aromatic heterocycles. The van der Waals surface area contributed by atoms with Gasteiger partial charge in [-0.05, 0) is 62.3 Å². The van der Waals surface area contributed by atoms with E-state index in [0.717, 1.165) is 37.3 Å². The first-order valence-electron chi connectivity index (χ1n) is 12.0. The predicted octanol–water partition coefficient (Wildman–Crippen LogP) is 2.67. The van der Waals surface area contributed by atoms with E-state index in [-0.39, 0.29) is 23.6 Å². The van der Waals surface area contributed by atoms with Crippen LogP contribution in [0.1, 0.15) is 29.9 Å². The number of rotatable bonds is 7. The van der Waals surface area contributed by atoms with E-state index in [1.54, 1.807) is 29.0 Å². The largest absolute Gasteiger partial charge is 0.432 e. The number of hydrogen-bond acceptors (Lipinski definition) is 6. The van der Waals surface area contributed by atoms with Gasteiger partial charge >= 0.3 is 5.91 Å². The number of nitrogens with zero attached hydrogens (tertiary/aromatic N) is 4. The highest BCUT2D eigenvalue weighted by atomic mass is 16.4. The Balaban J connectivity index is 1.15. The molecule has 3 aromatic rings. The van der Waals surface area contributed by atoms with E-state index in [1.807, 2.05) is 36.4 Å². The Labute approximate surface area is 203 Å². The molecule has 1 N–H and O–H groups in total. The van der Waals surface area contributed by atoms with Crippen molar-refractivity contribution in [2.24, 2.45) is 5.92 Å². The second kappa shape index (κ2) is 9.87. The first-order chi connectivity index (χ1) is 17.0. The molecule has 2 saturated heterocycles. The maximum absolute atomic E-state index is 12.6. The molecule has 2 aliphatic rings. The van der Waals surface area contributed by atoms with Crippen LogP contribution < -0.4 is 15.1 Å². The molecule has 2 aliphatic heterocycles. The van der Waals surface area contributed by atoms with Crippen LogP contribution in [0.25, 0.3) is 11.1 Å². The molecular weight excluding hydrogens is 446 g/mol. The van der Waals surface area contributed by atoms with Crippen molar-refractivity contribution in [2.45, 2.75) is 19.3 Å². The number of anilines is 2. The van der Waals surface area contributed by atoms with Gasteiger partial charge in [0, 0.05) is 43.9 Å². The maximum Gasteiger partial charge on any atom is 0.307 e. The number of likely N-dealkylation sites (N-methyl/N-ethyl adjacent to an activating group) is 1. The van der Waals surface area contributed by atoms with Gasteiger partial charge in [-0.3, -0.25) is 19.3 Å². The zero-order chi connectivity index (χ0) is 24.4. The van der Waals surface area contributed by atoms with Gasteiger partial charge in [0.05, 0.1) is 6.54 Å². The summed E-state index contributed by atoms with van der Waals surface area (Å²) in [7, 11) is 1.78. The fourth-order valence-corrected chi connectivity index (χ4v) is 4.69. The van der Waals surface area contributed by atoms with Crippen molar-refractivity contribution in [3.8, 4) is 0 Å². The van der Waals surface area contributed by atoms with Gasteiger partial charge in [-0.2, -0.15) is 0 Å². The van der Waals surface area contributed by atoms with Crippen LogP contribution in [0.4, 0.5) is 11.4 Å². The lowest BCUT2D eigenvalue weighted by Crippen LogP contribution is -2.37. The summed E-state index contributed by atoms with van der Waals surface area (Å²) in [4.78, 5) is 47.5. The SMILES string of the molecule is CN(C(=O)CN1CCCC1)c1ccc(N2CC(CNC(=O)c3nc4ccccc4o3)CC2=O)cc1. The highest BCUT2D eigenvalue weighted by molar-refractivity contribution is 5.97. The Morgan fingerprint density at radius 1 is 1.11 bits per heavy atom. The van der Waals surface area contributed by atoms with Crippen LogP contribution in [0, 0.1) is 5.92 Å². The Kier molecular flexibility index (Phi) is 6.50. The number of hydrogen-bond donors (Lipinski definition) is 1. The van der Waals surface area contributed by atoms with Gasteiger partial charge in [-0.15, -0.1) is 0 Å². The number of amides is 3. The third-order valence-electron chi connectivity index (χ3n) is 6.72. The van der Waals surface area contributed by atoms with Crippen molar-refractivity contribution < 1.29 is 18.8 Å². The highest BCUT2D eigenvalue weighted by Gasteiger charge is 2.31. The normalized spacial score (nSPS) is 18.4. The number of para-hydroxylation sites is 2. The maximum atomic E-state index is 12.6. The molecule has 0 spiro atoms. The summed E-state index contributed by atoms with van der Waals surface area (Å²) >= 11 is 0. The van der Waals surface area contributed by atoms with Crippen molar-refractivity contribution >= 4 is 40.2 Å². The molecule has 9 heteroatoms. The quantitative estimate of drug-likeness (QED) is 0.564. The van der Waals surface area contributed by atoms with Crippen LogP contribution in [-0.4, -0.2) is 67.4 Å². The fourth-order valence-electron chi connectivity index (χ4n) is 4.69. The van der Waals surface area contributed by atoms with E-state index in [1.165, 1.54) is 0 Å². The molecule has 3 heterocycles. The van der Waals surface area contributed by atoms with Crippen molar-refractivity contribution in [1.29, 1.82) is 0 Å². The predicted molar refractivity (Wildman–Crippen MR) is 132 cm³/mol. The molecule has 0 aliphatic carbocycles. The summed E-state index contributed by atoms with van der Waals surface area (Å²) in [5.41, 5.74) is 2.78. The monoisotopic (exact) mass is 475 g/mol. The molecule has 1 unspecified atom stereocenters. The summed E-state index contributed by atoms with van der Waals surface area (Å²) in [6, 6.07) is 14.7. The first kappa shape index (κ1) is 23.0. The number of carbonyl (C=O) groups is 3. The van der Waals surface area contributed by atoms with Gasteiger partial charge < -0.3 is 19.5 Å². The smallest absolute Gasteiger partial charge is 0.307 e. The number of oxazole rings is 1. The summed E-state index contributed by atoms with van der Waals surface area (Å²) in [6.07, 6.45) is 2.65. The highest BCUT2D eigenvalue weighted by Crippen LogP contribution is 2.27. The van der Waals surface area contributed by atoms with E-state index < -0.39 is 5.91 Å². The molecular formula is C26H29N5O4. The lowest BCUT2D eigenvalue weighted by molar-refractivity contribution is -0.119.